The number of nitrogens with zero attached hydrogens (tertiary/aromatic N) is 4. The molecule has 0 aliphatic carbocycles. The molecule has 1 saturated heterocycles. The van der Waals surface area contributed by atoms with Crippen molar-refractivity contribution in [1.29, 1.82) is 0 Å². The fourth-order valence-electron chi connectivity index (χ4n) is 3.93. The Morgan fingerprint density at radius 2 is 2.00 bits per heavy atom. The van der Waals surface area contributed by atoms with E-state index in [0.29, 0.717) is 22.9 Å². The van der Waals surface area contributed by atoms with E-state index in [9.17, 15) is 9.18 Å². The second-order valence-corrected chi connectivity index (χ2v) is 8.51. The van der Waals surface area contributed by atoms with Crippen LogP contribution in [-0.4, -0.2) is 49.9 Å². The smallest absolute Gasteiger partial charge is 0.271 e. The standard InChI is InChI=1S/C23H29FN6O/c1-15(2)20-13-22(27-26-20)23(31)25-16-8-10-30(11-9-16)14-17-12-21(28-29(17)3)18-6-4-5-7-19(18)24/h4-7,12-13,15-16H,8-11,14H2,1-3H3,(H,25,31)(H,26,27). The molecule has 0 atom stereocenters. The predicted octanol–water partition coefficient (Wildman–Crippen LogP) is 3.47. The van der Waals surface area contributed by atoms with Crippen molar-refractivity contribution >= 4 is 5.91 Å². The van der Waals surface area contributed by atoms with E-state index in [1.807, 2.05) is 29.9 Å². The number of benzene rings is 1. The third-order valence-electron chi connectivity index (χ3n) is 5.89. The number of aromatic nitrogens is 4. The third-order valence-corrected chi connectivity index (χ3v) is 5.89. The van der Waals surface area contributed by atoms with Gasteiger partial charge in [0.2, 0.25) is 0 Å². The van der Waals surface area contributed by atoms with Crippen molar-refractivity contribution in [3.63, 3.8) is 0 Å². The van der Waals surface area contributed by atoms with Crippen molar-refractivity contribution in [1.82, 2.24) is 30.2 Å². The number of carbonyl (C=O) groups is 1. The van der Waals surface area contributed by atoms with Crippen molar-refractivity contribution in [2.24, 2.45) is 7.05 Å². The summed E-state index contributed by atoms with van der Waals surface area (Å²) in [6, 6.07) is 10.6. The number of hydrogen-bond acceptors (Lipinski definition) is 4. The number of aryl methyl sites for hydroxylation is 1. The van der Waals surface area contributed by atoms with Crippen LogP contribution in [0.15, 0.2) is 36.4 Å². The highest BCUT2D eigenvalue weighted by atomic mass is 19.1. The van der Waals surface area contributed by atoms with Crippen molar-refractivity contribution in [3.8, 4) is 11.3 Å². The van der Waals surface area contributed by atoms with Crippen LogP contribution in [0.5, 0.6) is 0 Å². The summed E-state index contributed by atoms with van der Waals surface area (Å²) in [5, 5.41) is 14.7. The van der Waals surface area contributed by atoms with Crippen LogP contribution in [0.3, 0.4) is 0 Å². The first-order valence-electron chi connectivity index (χ1n) is 10.8. The summed E-state index contributed by atoms with van der Waals surface area (Å²) in [5.41, 5.74) is 3.62. The highest BCUT2D eigenvalue weighted by Gasteiger charge is 2.23. The molecule has 7 nitrogen and oxygen atoms in total. The lowest BCUT2D eigenvalue weighted by molar-refractivity contribution is 0.0903. The lowest BCUT2D eigenvalue weighted by atomic mass is 10.0. The van der Waals surface area contributed by atoms with Crippen molar-refractivity contribution in [2.45, 2.75) is 45.2 Å². The monoisotopic (exact) mass is 424 g/mol. The van der Waals surface area contributed by atoms with Crippen LogP contribution in [0.25, 0.3) is 11.3 Å². The second-order valence-electron chi connectivity index (χ2n) is 8.51. The number of piperidine rings is 1. The number of nitrogens with one attached hydrogen (secondary N) is 2. The molecule has 0 bridgehead atoms. The maximum atomic E-state index is 14.1. The lowest BCUT2D eigenvalue weighted by Crippen LogP contribution is -2.44. The van der Waals surface area contributed by atoms with Crippen molar-refractivity contribution < 1.29 is 9.18 Å². The number of H-pyrrole nitrogens is 1. The van der Waals surface area contributed by atoms with Gasteiger partial charge < -0.3 is 5.32 Å². The molecule has 4 rings (SSSR count). The molecule has 0 saturated carbocycles. The minimum Gasteiger partial charge on any atom is -0.348 e. The van der Waals surface area contributed by atoms with E-state index >= 15 is 0 Å². The summed E-state index contributed by atoms with van der Waals surface area (Å²) in [4.78, 5) is 14.8. The van der Waals surface area contributed by atoms with Gasteiger partial charge in [-0.2, -0.15) is 10.2 Å². The van der Waals surface area contributed by atoms with Gasteiger partial charge in [-0.05, 0) is 43.0 Å². The van der Waals surface area contributed by atoms with E-state index in [2.05, 4.69) is 39.4 Å². The molecule has 2 aromatic heterocycles. The van der Waals surface area contributed by atoms with Crippen LogP contribution in [0.2, 0.25) is 0 Å². The van der Waals surface area contributed by atoms with Gasteiger partial charge >= 0.3 is 0 Å². The molecule has 1 amide bonds. The minimum absolute atomic E-state index is 0.122. The molecule has 0 unspecified atom stereocenters. The number of amides is 1. The van der Waals surface area contributed by atoms with Gasteiger partial charge in [-0.25, -0.2) is 4.39 Å². The summed E-state index contributed by atoms with van der Waals surface area (Å²) in [5.74, 6) is -0.0768. The van der Waals surface area contributed by atoms with Gasteiger partial charge in [0, 0.05) is 44.0 Å². The van der Waals surface area contributed by atoms with Gasteiger partial charge in [0.1, 0.15) is 11.5 Å². The second kappa shape index (κ2) is 9.01. The molecule has 1 fully saturated rings. The number of halogens is 1. The molecular weight excluding hydrogens is 395 g/mol. The lowest BCUT2D eigenvalue weighted by Gasteiger charge is -2.32. The first-order chi connectivity index (χ1) is 14.9. The number of carbonyl (C=O) groups excluding carboxylic acids is 1. The fraction of sp³-hybridized carbons (Fsp3) is 0.435. The summed E-state index contributed by atoms with van der Waals surface area (Å²) in [6.45, 7) is 6.63. The van der Waals surface area contributed by atoms with Gasteiger partial charge in [-0.1, -0.05) is 26.0 Å². The average molecular weight is 425 g/mol. The maximum absolute atomic E-state index is 14.1. The summed E-state index contributed by atoms with van der Waals surface area (Å²) in [6.07, 6.45) is 1.76. The predicted molar refractivity (Wildman–Crippen MR) is 117 cm³/mol. The largest absolute Gasteiger partial charge is 0.348 e. The molecule has 31 heavy (non-hydrogen) atoms. The molecule has 1 aliphatic rings. The van der Waals surface area contributed by atoms with E-state index in [0.717, 1.165) is 43.9 Å². The highest BCUT2D eigenvalue weighted by Crippen LogP contribution is 2.23. The average Bonchev–Trinajstić information content (AvgIpc) is 3.38. The van der Waals surface area contributed by atoms with E-state index in [-0.39, 0.29) is 17.8 Å². The van der Waals surface area contributed by atoms with Crippen LogP contribution in [-0.2, 0) is 13.6 Å². The topological polar surface area (TPSA) is 78.8 Å². The first kappa shape index (κ1) is 21.2. The zero-order valence-corrected chi connectivity index (χ0v) is 18.2. The van der Waals surface area contributed by atoms with Crippen molar-refractivity contribution in [2.75, 3.05) is 13.1 Å². The Bertz CT molecular complexity index is 1050. The number of aromatic amines is 1. The van der Waals surface area contributed by atoms with Crippen LogP contribution in [0.4, 0.5) is 4.39 Å². The SMILES string of the molecule is CC(C)c1cc(C(=O)NC2CCN(Cc3cc(-c4ccccc4F)nn3C)CC2)n[nH]1. The summed E-state index contributed by atoms with van der Waals surface area (Å²) >= 11 is 0. The molecule has 1 aliphatic heterocycles. The van der Waals surface area contributed by atoms with Crippen LogP contribution >= 0.6 is 0 Å². The molecule has 1 aromatic carbocycles. The summed E-state index contributed by atoms with van der Waals surface area (Å²) in [7, 11) is 1.89. The molecular formula is C23H29FN6O. The van der Waals surface area contributed by atoms with Crippen molar-refractivity contribution in [3.05, 3.63) is 59.3 Å². The molecule has 0 radical (unpaired) electrons. The van der Waals surface area contributed by atoms with Crippen LogP contribution in [0, 0.1) is 5.82 Å². The van der Waals surface area contributed by atoms with Gasteiger partial charge in [0.25, 0.3) is 5.91 Å². The number of likely N-dealkylation sites (tertiary alicyclic amines) is 1. The fourth-order valence-corrected chi connectivity index (χ4v) is 3.93. The van der Waals surface area contributed by atoms with E-state index in [1.165, 1.54) is 6.07 Å². The Kier molecular flexibility index (Phi) is 6.18. The zero-order valence-electron chi connectivity index (χ0n) is 18.2. The Hall–Kier alpha value is -3.00. The Morgan fingerprint density at radius 3 is 2.68 bits per heavy atom. The molecule has 164 valence electrons. The Morgan fingerprint density at radius 1 is 1.26 bits per heavy atom. The first-order valence-corrected chi connectivity index (χ1v) is 10.8. The van der Waals surface area contributed by atoms with Gasteiger partial charge in [-0.15, -0.1) is 0 Å². The molecule has 3 aromatic rings. The molecule has 3 heterocycles. The van der Waals surface area contributed by atoms with Gasteiger partial charge in [-0.3, -0.25) is 19.5 Å². The van der Waals surface area contributed by atoms with E-state index in [1.54, 1.807) is 12.1 Å². The summed E-state index contributed by atoms with van der Waals surface area (Å²) < 4.78 is 15.9. The third kappa shape index (κ3) is 4.85. The minimum atomic E-state index is -0.263. The highest BCUT2D eigenvalue weighted by molar-refractivity contribution is 5.92. The number of hydrogen-bond donors (Lipinski definition) is 2. The molecule has 2 N–H and O–H groups in total. The quantitative estimate of drug-likeness (QED) is 0.635. The Labute approximate surface area is 181 Å². The van der Waals surface area contributed by atoms with Gasteiger partial charge in [0.05, 0.1) is 11.4 Å². The normalized spacial score (nSPS) is 15.5. The number of rotatable bonds is 6. The Balaban J connectivity index is 1.31. The molecule has 8 heteroatoms. The van der Waals surface area contributed by atoms with E-state index in [4.69, 9.17) is 0 Å². The maximum Gasteiger partial charge on any atom is 0.271 e. The van der Waals surface area contributed by atoms with E-state index < -0.39 is 0 Å². The molecule has 0 spiro atoms. The van der Waals surface area contributed by atoms with Gasteiger partial charge in [0.15, 0.2) is 0 Å². The van der Waals surface area contributed by atoms with Crippen LogP contribution < -0.4 is 5.32 Å². The van der Waals surface area contributed by atoms with Crippen LogP contribution in [0.1, 0.15) is 54.5 Å². The zero-order chi connectivity index (χ0) is 22.0.